The van der Waals surface area contributed by atoms with Crippen LogP contribution in [0.15, 0.2) is 54.1 Å². The van der Waals surface area contributed by atoms with Crippen molar-refractivity contribution in [1.82, 2.24) is 14.5 Å². The second-order valence-electron chi connectivity index (χ2n) is 9.66. The van der Waals surface area contributed by atoms with Crippen molar-refractivity contribution in [3.05, 3.63) is 76.9 Å². The summed E-state index contributed by atoms with van der Waals surface area (Å²) in [5.41, 5.74) is 6.59. The van der Waals surface area contributed by atoms with Gasteiger partial charge in [0.15, 0.2) is 5.84 Å². The van der Waals surface area contributed by atoms with Gasteiger partial charge in [0.25, 0.3) is 0 Å². The van der Waals surface area contributed by atoms with E-state index in [1.807, 2.05) is 13.3 Å². The van der Waals surface area contributed by atoms with Gasteiger partial charge in [-0.2, -0.15) is 0 Å². The molecule has 0 saturated carbocycles. The third kappa shape index (κ3) is 3.31. The summed E-state index contributed by atoms with van der Waals surface area (Å²) >= 11 is 0. The predicted octanol–water partition coefficient (Wildman–Crippen LogP) is 5.03. The highest BCUT2D eigenvalue weighted by Crippen LogP contribution is 2.48. The van der Waals surface area contributed by atoms with E-state index < -0.39 is 5.72 Å². The Morgan fingerprint density at radius 1 is 1.12 bits per heavy atom. The summed E-state index contributed by atoms with van der Waals surface area (Å²) in [7, 11) is 0. The normalized spacial score (nSPS) is 23.5. The number of benzene rings is 2. The summed E-state index contributed by atoms with van der Waals surface area (Å²) < 4.78 is 8.09. The molecule has 1 spiro atoms. The molecule has 2 aromatic carbocycles. The molecule has 3 aliphatic heterocycles. The molecule has 0 N–H and O–H groups in total. The molecule has 1 saturated heterocycles. The fourth-order valence-electron chi connectivity index (χ4n) is 5.67. The van der Waals surface area contributed by atoms with Crippen LogP contribution in [0.1, 0.15) is 47.2 Å². The average molecular weight is 443 g/mol. The summed E-state index contributed by atoms with van der Waals surface area (Å²) in [6.45, 7) is 7.91. The van der Waals surface area contributed by atoms with E-state index in [4.69, 9.17) is 14.7 Å². The first-order valence-electron chi connectivity index (χ1n) is 11.9. The Balaban J connectivity index is 1.26. The number of rotatable bonds is 3. The van der Waals surface area contributed by atoms with E-state index in [-0.39, 0.29) is 0 Å². The number of hydrogen-bond acceptors (Lipinski definition) is 5. The van der Waals surface area contributed by atoms with Gasteiger partial charge in [-0.25, -0.2) is 4.98 Å². The monoisotopic (exact) mass is 442 g/mol. The number of aryl methyl sites for hydroxylation is 3. The lowest BCUT2D eigenvalue weighted by molar-refractivity contribution is -0.129. The quantitative estimate of drug-likeness (QED) is 0.571. The molecule has 0 aliphatic carbocycles. The Morgan fingerprint density at radius 2 is 2.03 bits per heavy atom. The second kappa shape index (κ2) is 7.65. The maximum Gasteiger partial charge on any atom is 0.243 e. The van der Waals surface area contributed by atoms with Crippen molar-refractivity contribution < 1.29 is 9.57 Å². The summed E-state index contributed by atoms with van der Waals surface area (Å²) in [6, 6.07) is 13.2. The zero-order valence-corrected chi connectivity index (χ0v) is 19.5. The van der Waals surface area contributed by atoms with E-state index in [1.54, 1.807) is 0 Å². The van der Waals surface area contributed by atoms with Crippen LogP contribution in [-0.2, 0) is 17.0 Å². The lowest BCUT2D eigenvalue weighted by atomic mass is 9.86. The highest BCUT2D eigenvalue weighted by atomic mass is 16.7. The van der Waals surface area contributed by atoms with Gasteiger partial charge in [0.1, 0.15) is 5.75 Å². The highest BCUT2D eigenvalue weighted by molar-refractivity contribution is 5.87. The smallest absolute Gasteiger partial charge is 0.243 e. The van der Waals surface area contributed by atoms with Crippen LogP contribution < -0.4 is 4.74 Å². The lowest BCUT2D eigenvalue weighted by Gasteiger charge is -2.44. The van der Waals surface area contributed by atoms with Crippen molar-refractivity contribution in [2.45, 2.75) is 52.2 Å². The minimum atomic E-state index is -0.520. The molecular formula is C27H30N4O2. The zero-order valence-electron chi connectivity index (χ0n) is 19.5. The SMILES string of the molecule is Cc1ccc2c(c1)OCCC21ON=C2C(Cc3ccc(-n4cnc(C)c4)c(C)c3)CCCN21. The fraction of sp³-hybridized carbons (Fsp3) is 0.407. The molecule has 2 unspecified atom stereocenters. The number of oxime groups is 1. The minimum absolute atomic E-state index is 0.357. The zero-order chi connectivity index (χ0) is 22.6. The van der Waals surface area contributed by atoms with Gasteiger partial charge >= 0.3 is 0 Å². The molecule has 0 bridgehead atoms. The molecular weight excluding hydrogens is 412 g/mol. The molecule has 3 aliphatic rings. The Hall–Kier alpha value is -3.28. The van der Waals surface area contributed by atoms with Crippen molar-refractivity contribution in [3.63, 3.8) is 0 Å². The summed E-state index contributed by atoms with van der Waals surface area (Å²) in [6.07, 6.45) is 7.98. The Labute approximate surface area is 194 Å². The minimum Gasteiger partial charge on any atom is -0.493 e. The van der Waals surface area contributed by atoms with Crippen molar-refractivity contribution in [1.29, 1.82) is 0 Å². The molecule has 4 heterocycles. The molecule has 6 heteroatoms. The van der Waals surface area contributed by atoms with Crippen LogP contribution in [0.25, 0.3) is 5.69 Å². The third-order valence-electron chi connectivity index (χ3n) is 7.29. The maximum atomic E-state index is 6.29. The van der Waals surface area contributed by atoms with Crippen LogP contribution in [0.5, 0.6) is 5.75 Å². The molecule has 33 heavy (non-hydrogen) atoms. The largest absolute Gasteiger partial charge is 0.493 e. The number of nitrogens with zero attached hydrogens (tertiary/aromatic N) is 4. The van der Waals surface area contributed by atoms with E-state index in [0.29, 0.717) is 12.5 Å². The Morgan fingerprint density at radius 3 is 2.85 bits per heavy atom. The fourth-order valence-corrected chi connectivity index (χ4v) is 5.67. The molecule has 1 fully saturated rings. The maximum absolute atomic E-state index is 6.29. The van der Waals surface area contributed by atoms with Crippen LogP contribution in [-0.4, -0.2) is 33.4 Å². The first-order valence-corrected chi connectivity index (χ1v) is 11.9. The van der Waals surface area contributed by atoms with Gasteiger partial charge < -0.3 is 19.0 Å². The molecule has 6 nitrogen and oxygen atoms in total. The van der Waals surface area contributed by atoms with E-state index in [2.05, 4.69) is 70.9 Å². The third-order valence-corrected chi connectivity index (χ3v) is 7.29. The van der Waals surface area contributed by atoms with E-state index >= 15 is 0 Å². The van der Waals surface area contributed by atoms with Crippen molar-refractivity contribution in [2.75, 3.05) is 13.2 Å². The van der Waals surface area contributed by atoms with Gasteiger partial charge in [0.2, 0.25) is 5.72 Å². The summed E-state index contributed by atoms with van der Waals surface area (Å²) in [5.74, 6) is 2.39. The van der Waals surface area contributed by atoms with Crippen LogP contribution >= 0.6 is 0 Å². The second-order valence-corrected chi connectivity index (χ2v) is 9.66. The first kappa shape index (κ1) is 20.3. The molecule has 6 rings (SSSR count). The summed E-state index contributed by atoms with van der Waals surface area (Å²) in [5, 5.41) is 4.70. The summed E-state index contributed by atoms with van der Waals surface area (Å²) in [4.78, 5) is 13.1. The molecule has 3 aromatic rings. The van der Waals surface area contributed by atoms with Crippen LogP contribution in [0, 0.1) is 26.7 Å². The molecule has 2 atom stereocenters. The van der Waals surface area contributed by atoms with Gasteiger partial charge in [-0.3, -0.25) is 0 Å². The predicted molar refractivity (Wildman–Crippen MR) is 128 cm³/mol. The number of imidazole rings is 1. The first-order chi connectivity index (χ1) is 16.0. The van der Waals surface area contributed by atoms with Crippen molar-refractivity contribution >= 4 is 5.84 Å². The number of amidine groups is 1. The molecule has 1 aromatic heterocycles. The number of fused-ring (bicyclic) bond motifs is 4. The molecule has 0 radical (unpaired) electrons. The van der Waals surface area contributed by atoms with Crippen LogP contribution in [0.3, 0.4) is 0 Å². The van der Waals surface area contributed by atoms with Gasteiger partial charge in [0, 0.05) is 30.8 Å². The van der Waals surface area contributed by atoms with Crippen LogP contribution in [0.2, 0.25) is 0 Å². The van der Waals surface area contributed by atoms with Crippen molar-refractivity contribution in [3.8, 4) is 11.4 Å². The standard InChI is InChI=1S/C27H30N4O2/c1-18-6-8-23-25(13-18)32-12-10-27(23)31-11-4-5-22(26(31)29-33-27)15-21-7-9-24(19(2)14-21)30-16-20(3)28-17-30/h6-9,13-14,16-17,22H,4-5,10-12,15H2,1-3H3. The van der Waals surface area contributed by atoms with E-state index in [1.165, 1.54) is 22.4 Å². The number of piperidine rings is 1. The molecule has 0 amide bonds. The number of ether oxygens (including phenoxy) is 1. The Kier molecular flexibility index (Phi) is 4.71. The van der Waals surface area contributed by atoms with Crippen LogP contribution in [0.4, 0.5) is 0 Å². The molecule has 170 valence electrons. The van der Waals surface area contributed by atoms with Crippen molar-refractivity contribution in [2.24, 2.45) is 11.1 Å². The van der Waals surface area contributed by atoms with Gasteiger partial charge in [0.05, 0.1) is 24.2 Å². The van der Waals surface area contributed by atoms with E-state index in [0.717, 1.165) is 55.1 Å². The van der Waals surface area contributed by atoms with E-state index in [9.17, 15) is 0 Å². The average Bonchev–Trinajstić information content (AvgIpc) is 3.39. The van der Waals surface area contributed by atoms with Gasteiger partial charge in [-0.15, -0.1) is 0 Å². The number of aromatic nitrogens is 2. The van der Waals surface area contributed by atoms with Gasteiger partial charge in [-0.05, 0) is 74.9 Å². The topological polar surface area (TPSA) is 51.9 Å². The highest BCUT2D eigenvalue weighted by Gasteiger charge is 2.53. The lowest BCUT2D eigenvalue weighted by Crippen LogP contribution is -2.53. The van der Waals surface area contributed by atoms with Gasteiger partial charge in [-0.1, -0.05) is 23.4 Å². The Bertz CT molecular complexity index is 1250. The number of hydrogen-bond donors (Lipinski definition) is 0.